The van der Waals surface area contributed by atoms with Gasteiger partial charge in [-0.15, -0.1) is 0 Å². The number of H-pyrrole nitrogens is 1. The molecule has 0 radical (unpaired) electrons. The van der Waals surface area contributed by atoms with E-state index in [1.807, 2.05) is 43.3 Å². The van der Waals surface area contributed by atoms with Crippen molar-refractivity contribution in [3.05, 3.63) is 58.4 Å². The van der Waals surface area contributed by atoms with Crippen molar-refractivity contribution in [2.45, 2.75) is 6.92 Å². The number of benzene rings is 2. The van der Waals surface area contributed by atoms with Crippen molar-refractivity contribution in [2.24, 2.45) is 0 Å². The van der Waals surface area contributed by atoms with Crippen LogP contribution in [0.2, 0.25) is 0 Å². The van der Waals surface area contributed by atoms with Gasteiger partial charge in [0.15, 0.2) is 0 Å². The summed E-state index contributed by atoms with van der Waals surface area (Å²) >= 11 is 0. The number of ether oxygens (including phenoxy) is 1. The van der Waals surface area contributed by atoms with Crippen LogP contribution in [0.5, 0.6) is 5.75 Å². The van der Waals surface area contributed by atoms with Gasteiger partial charge in [-0.2, -0.15) is 0 Å². The van der Waals surface area contributed by atoms with Crippen molar-refractivity contribution in [1.29, 1.82) is 0 Å². The number of rotatable bonds is 2. The predicted molar refractivity (Wildman–Crippen MR) is 79.1 cm³/mol. The quantitative estimate of drug-likeness (QED) is 0.776. The maximum absolute atomic E-state index is 12.1. The molecule has 1 heterocycles. The Morgan fingerprint density at radius 3 is 2.70 bits per heavy atom. The van der Waals surface area contributed by atoms with Crippen LogP contribution >= 0.6 is 0 Å². The second-order valence-electron chi connectivity index (χ2n) is 4.61. The van der Waals surface area contributed by atoms with Gasteiger partial charge in [0.2, 0.25) is 0 Å². The van der Waals surface area contributed by atoms with Gasteiger partial charge in [-0.05, 0) is 42.8 Å². The highest BCUT2D eigenvalue weighted by Gasteiger charge is 2.08. The molecular formula is C16H14N2O2. The fourth-order valence-electron chi connectivity index (χ4n) is 2.24. The standard InChI is InChI=1S/C16H14N2O2/c1-10-9-11(20-2)7-8-12(10)15-17-14-6-4-3-5-13(14)16(19)18-15/h3-9H,1-2H3,(H,17,18,19). The summed E-state index contributed by atoms with van der Waals surface area (Å²) in [4.78, 5) is 19.5. The molecule has 3 aromatic rings. The number of aromatic amines is 1. The van der Waals surface area contributed by atoms with Gasteiger partial charge in [-0.3, -0.25) is 4.79 Å². The normalized spacial score (nSPS) is 10.7. The molecule has 4 nitrogen and oxygen atoms in total. The molecular weight excluding hydrogens is 252 g/mol. The van der Waals surface area contributed by atoms with E-state index < -0.39 is 0 Å². The van der Waals surface area contributed by atoms with Crippen molar-refractivity contribution in [3.8, 4) is 17.1 Å². The first kappa shape index (κ1) is 12.4. The second-order valence-corrected chi connectivity index (χ2v) is 4.61. The van der Waals surface area contributed by atoms with Gasteiger partial charge in [-0.1, -0.05) is 12.1 Å². The van der Waals surface area contributed by atoms with Crippen LogP contribution in [0, 0.1) is 6.92 Å². The van der Waals surface area contributed by atoms with Gasteiger partial charge in [0.25, 0.3) is 5.56 Å². The Morgan fingerprint density at radius 1 is 1.15 bits per heavy atom. The zero-order chi connectivity index (χ0) is 14.1. The summed E-state index contributed by atoms with van der Waals surface area (Å²) < 4.78 is 5.19. The number of nitrogens with zero attached hydrogens (tertiary/aromatic N) is 1. The van der Waals surface area contributed by atoms with E-state index in [0.29, 0.717) is 16.7 Å². The lowest BCUT2D eigenvalue weighted by Crippen LogP contribution is -2.09. The van der Waals surface area contributed by atoms with Crippen LogP contribution in [0.15, 0.2) is 47.3 Å². The predicted octanol–water partition coefficient (Wildman–Crippen LogP) is 2.91. The topological polar surface area (TPSA) is 55.0 Å². The van der Waals surface area contributed by atoms with Crippen molar-refractivity contribution in [2.75, 3.05) is 7.11 Å². The van der Waals surface area contributed by atoms with Gasteiger partial charge < -0.3 is 9.72 Å². The summed E-state index contributed by atoms with van der Waals surface area (Å²) in [5, 5.41) is 0.599. The van der Waals surface area contributed by atoms with Crippen LogP contribution in [-0.2, 0) is 0 Å². The molecule has 1 aromatic heterocycles. The zero-order valence-electron chi connectivity index (χ0n) is 11.3. The lowest BCUT2D eigenvalue weighted by atomic mass is 10.1. The molecule has 4 heteroatoms. The molecule has 0 unspecified atom stereocenters. The van der Waals surface area contributed by atoms with E-state index in [9.17, 15) is 4.79 Å². The highest BCUT2D eigenvalue weighted by atomic mass is 16.5. The first-order valence-corrected chi connectivity index (χ1v) is 6.33. The lowest BCUT2D eigenvalue weighted by Gasteiger charge is -2.08. The minimum absolute atomic E-state index is 0.124. The SMILES string of the molecule is COc1ccc(-c2nc3ccccc3c(=O)[nH]2)c(C)c1. The summed E-state index contributed by atoms with van der Waals surface area (Å²) in [5.41, 5.74) is 2.47. The molecule has 0 bridgehead atoms. The Kier molecular flexibility index (Phi) is 2.99. The molecule has 0 aliphatic heterocycles. The van der Waals surface area contributed by atoms with Crippen molar-refractivity contribution < 1.29 is 4.74 Å². The molecule has 0 aliphatic rings. The van der Waals surface area contributed by atoms with E-state index >= 15 is 0 Å². The molecule has 0 atom stereocenters. The van der Waals surface area contributed by atoms with E-state index in [0.717, 1.165) is 16.9 Å². The third kappa shape index (κ3) is 2.05. The highest BCUT2D eigenvalue weighted by molar-refractivity contribution is 5.79. The summed E-state index contributed by atoms with van der Waals surface area (Å²) in [5.74, 6) is 1.36. The van der Waals surface area contributed by atoms with E-state index in [1.165, 1.54) is 0 Å². The van der Waals surface area contributed by atoms with Gasteiger partial charge in [-0.25, -0.2) is 4.98 Å². The van der Waals surface area contributed by atoms with E-state index in [1.54, 1.807) is 13.2 Å². The maximum Gasteiger partial charge on any atom is 0.259 e. The first-order chi connectivity index (χ1) is 9.69. The van der Waals surface area contributed by atoms with Crippen LogP contribution in [-0.4, -0.2) is 17.1 Å². The molecule has 0 saturated heterocycles. The van der Waals surface area contributed by atoms with Gasteiger partial charge in [0.1, 0.15) is 11.6 Å². The third-order valence-corrected chi connectivity index (χ3v) is 3.30. The first-order valence-electron chi connectivity index (χ1n) is 6.33. The molecule has 2 aromatic carbocycles. The van der Waals surface area contributed by atoms with Gasteiger partial charge in [0.05, 0.1) is 18.0 Å². The Balaban J connectivity index is 2.22. The molecule has 1 N–H and O–H groups in total. The van der Waals surface area contributed by atoms with Crippen molar-refractivity contribution in [3.63, 3.8) is 0 Å². The Hall–Kier alpha value is -2.62. The lowest BCUT2D eigenvalue weighted by molar-refractivity contribution is 0.414. The summed E-state index contributed by atoms with van der Waals surface area (Å²) in [6, 6.07) is 13.0. The second kappa shape index (κ2) is 4.81. The van der Waals surface area contributed by atoms with E-state index in [-0.39, 0.29) is 5.56 Å². The number of fused-ring (bicyclic) bond motifs is 1. The molecule has 20 heavy (non-hydrogen) atoms. The van der Waals surface area contributed by atoms with Crippen molar-refractivity contribution >= 4 is 10.9 Å². The molecule has 3 rings (SSSR count). The van der Waals surface area contributed by atoms with E-state index in [2.05, 4.69) is 9.97 Å². The molecule has 100 valence electrons. The van der Waals surface area contributed by atoms with E-state index in [4.69, 9.17) is 4.74 Å². The number of hydrogen-bond acceptors (Lipinski definition) is 3. The Bertz CT molecular complexity index is 837. The number of hydrogen-bond donors (Lipinski definition) is 1. The Labute approximate surface area is 116 Å². The molecule has 0 aliphatic carbocycles. The van der Waals surface area contributed by atoms with Crippen LogP contribution in [0.3, 0.4) is 0 Å². The van der Waals surface area contributed by atoms with Crippen LogP contribution in [0.4, 0.5) is 0 Å². The third-order valence-electron chi connectivity index (χ3n) is 3.30. The summed E-state index contributed by atoms with van der Waals surface area (Å²) in [6.07, 6.45) is 0. The number of methoxy groups -OCH3 is 1. The largest absolute Gasteiger partial charge is 0.497 e. The fourth-order valence-corrected chi connectivity index (χ4v) is 2.24. The zero-order valence-corrected chi connectivity index (χ0v) is 11.3. The maximum atomic E-state index is 12.1. The summed E-state index contributed by atoms with van der Waals surface area (Å²) in [7, 11) is 1.63. The highest BCUT2D eigenvalue weighted by Crippen LogP contribution is 2.24. The van der Waals surface area contributed by atoms with Crippen molar-refractivity contribution in [1.82, 2.24) is 9.97 Å². The average molecular weight is 266 g/mol. The monoisotopic (exact) mass is 266 g/mol. The van der Waals surface area contributed by atoms with Crippen LogP contribution in [0.1, 0.15) is 5.56 Å². The molecule has 0 saturated carbocycles. The molecule has 0 fully saturated rings. The van der Waals surface area contributed by atoms with Gasteiger partial charge in [0, 0.05) is 5.56 Å². The number of para-hydroxylation sites is 1. The average Bonchev–Trinajstić information content (AvgIpc) is 2.47. The smallest absolute Gasteiger partial charge is 0.259 e. The number of aryl methyl sites for hydroxylation is 1. The van der Waals surface area contributed by atoms with Gasteiger partial charge >= 0.3 is 0 Å². The fraction of sp³-hybridized carbons (Fsp3) is 0.125. The summed E-state index contributed by atoms with van der Waals surface area (Å²) in [6.45, 7) is 1.97. The molecule has 0 spiro atoms. The molecule has 0 amide bonds. The number of nitrogens with one attached hydrogen (secondary N) is 1. The number of aromatic nitrogens is 2. The minimum atomic E-state index is -0.124. The minimum Gasteiger partial charge on any atom is -0.497 e. The Morgan fingerprint density at radius 2 is 1.95 bits per heavy atom. The van der Waals surface area contributed by atoms with Crippen LogP contribution < -0.4 is 10.3 Å². The van der Waals surface area contributed by atoms with Crippen LogP contribution in [0.25, 0.3) is 22.3 Å².